The highest BCUT2D eigenvalue weighted by molar-refractivity contribution is 7.91. The van der Waals surface area contributed by atoms with Gasteiger partial charge in [0.1, 0.15) is 5.75 Å². The first kappa shape index (κ1) is 24.6. The highest BCUT2D eigenvalue weighted by atomic mass is 32.2. The van der Waals surface area contributed by atoms with Crippen LogP contribution in [0.1, 0.15) is 45.7 Å². The van der Waals surface area contributed by atoms with Crippen LogP contribution in [0, 0.1) is 18.8 Å². The second-order valence-electron chi connectivity index (χ2n) is 9.18. The molecule has 2 aromatic rings. The Morgan fingerprint density at radius 3 is 2.50 bits per heavy atom. The van der Waals surface area contributed by atoms with Crippen LogP contribution >= 0.6 is 11.3 Å². The number of carbonyl (C=O) groups is 2. The van der Waals surface area contributed by atoms with E-state index in [1.165, 1.54) is 11.2 Å². The van der Waals surface area contributed by atoms with Crippen molar-refractivity contribution in [1.82, 2.24) is 9.29 Å². The van der Waals surface area contributed by atoms with E-state index >= 15 is 0 Å². The molecule has 3 fully saturated rings. The van der Waals surface area contributed by atoms with Gasteiger partial charge in [-0.05, 0) is 70.2 Å². The Hall–Kier alpha value is -2.50. The number of sulfonamides is 1. The van der Waals surface area contributed by atoms with Gasteiger partial charge in [-0.1, -0.05) is 11.3 Å². The van der Waals surface area contributed by atoms with Crippen molar-refractivity contribution in [2.45, 2.75) is 63.3 Å². The molecule has 1 aromatic heterocycles. The molecule has 2 aliphatic heterocycles. The maximum Gasteiger partial charge on any atom is 0.254 e. The lowest BCUT2D eigenvalue weighted by molar-refractivity contribution is -0.125. The van der Waals surface area contributed by atoms with Gasteiger partial charge in [-0.25, -0.2) is 13.4 Å². The number of hydrogen-bond donors (Lipinski definition) is 2. The maximum absolute atomic E-state index is 13.6. The Labute approximate surface area is 204 Å². The molecule has 11 heteroatoms. The molecule has 0 unspecified atom stereocenters. The number of thiazole rings is 1. The van der Waals surface area contributed by atoms with Gasteiger partial charge in [-0.2, -0.15) is 4.31 Å². The molecule has 3 heterocycles. The van der Waals surface area contributed by atoms with Crippen molar-refractivity contribution in [2.24, 2.45) is 11.8 Å². The van der Waals surface area contributed by atoms with E-state index in [0.717, 1.165) is 23.5 Å². The van der Waals surface area contributed by atoms with Gasteiger partial charge in [0.2, 0.25) is 11.8 Å². The molecule has 2 N–H and O–H groups in total. The van der Waals surface area contributed by atoms with E-state index in [2.05, 4.69) is 15.6 Å². The minimum absolute atomic E-state index is 0.0580. The number of aryl methyl sites for hydroxylation is 1. The standard InChI is InChI=1S/C23H30N4O5S2/c1-13(2)32-18-8-6-17(7-9-18)26-21(29)19-11-16-5-10-20(19)27(12-16)34(30,31)22-14(3)24-23(33-22)25-15(4)28/h6-9,13,16,19-20H,5,10-12H2,1-4H3,(H,26,29)(H,24,25,28)/t16-,19+,20+/m0/s1. The lowest BCUT2D eigenvalue weighted by Gasteiger charge is -2.48. The monoisotopic (exact) mass is 506 g/mol. The van der Waals surface area contributed by atoms with Crippen molar-refractivity contribution in [1.29, 1.82) is 0 Å². The van der Waals surface area contributed by atoms with Crippen LogP contribution in [0.3, 0.4) is 0 Å². The molecule has 34 heavy (non-hydrogen) atoms. The Balaban J connectivity index is 1.52. The highest BCUT2D eigenvalue weighted by Crippen LogP contribution is 2.43. The Morgan fingerprint density at radius 2 is 1.88 bits per heavy atom. The number of nitrogens with one attached hydrogen (secondary N) is 2. The van der Waals surface area contributed by atoms with Crippen molar-refractivity contribution < 1.29 is 22.7 Å². The van der Waals surface area contributed by atoms with E-state index in [4.69, 9.17) is 4.74 Å². The van der Waals surface area contributed by atoms with Crippen LogP contribution in [0.4, 0.5) is 10.8 Å². The average molecular weight is 507 g/mol. The van der Waals surface area contributed by atoms with Crippen LogP contribution in [0.2, 0.25) is 0 Å². The Morgan fingerprint density at radius 1 is 1.18 bits per heavy atom. The van der Waals surface area contributed by atoms with Crippen LogP contribution in [0.5, 0.6) is 5.75 Å². The number of carbonyl (C=O) groups excluding carboxylic acids is 2. The molecule has 0 radical (unpaired) electrons. The summed E-state index contributed by atoms with van der Waals surface area (Å²) in [5.41, 5.74) is 0.995. The van der Waals surface area contributed by atoms with E-state index < -0.39 is 22.0 Å². The molecule has 9 nitrogen and oxygen atoms in total. The van der Waals surface area contributed by atoms with Gasteiger partial charge in [0.25, 0.3) is 10.0 Å². The molecule has 0 spiro atoms. The molecule has 2 bridgehead atoms. The smallest absolute Gasteiger partial charge is 0.254 e. The van der Waals surface area contributed by atoms with Gasteiger partial charge >= 0.3 is 0 Å². The van der Waals surface area contributed by atoms with Gasteiger partial charge < -0.3 is 15.4 Å². The zero-order valence-electron chi connectivity index (χ0n) is 19.7. The molecule has 5 rings (SSSR count). The van der Waals surface area contributed by atoms with Gasteiger partial charge in [-0.3, -0.25) is 9.59 Å². The molecule has 1 aromatic carbocycles. The van der Waals surface area contributed by atoms with Crippen LogP contribution in [-0.2, 0) is 19.6 Å². The Kier molecular flexibility index (Phi) is 6.97. The predicted octanol–water partition coefficient (Wildman–Crippen LogP) is 3.63. The van der Waals surface area contributed by atoms with E-state index in [-0.39, 0.29) is 33.2 Å². The van der Waals surface area contributed by atoms with E-state index in [1.54, 1.807) is 31.2 Å². The van der Waals surface area contributed by atoms with Crippen LogP contribution in [0.15, 0.2) is 28.5 Å². The molecular weight excluding hydrogens is 476 g/mol. The van der Waals surface area contributed by atoms with E-state index in [0.29, 0.717) is 30.8 Å². The summed E-state index contributed by atoms with van der Waals surface area (Å²) >= 11 is 0.948. The second kappa shape index (κ2) is 9.63. The summed E-state index contributed by atoms with van der Waals surface area (Å²) in [6.07, 6.45) is 2.26. The molecule has 2 amide bonds. The first-order valence-electron chi connectivity index (χ1n) is 11.4. The van der Waals surface area contributed by atoms with Crippen molar-refractivity contribution in [2.75, 3.05) is 17.2 Å². The first-order chi connectivity index (χ1) is 16.0. The molecule has 3 atom stereocenters. The van der Waals surface area contributed by atoms with Crippen LogP contribution < -0.4 is 15.4 Å². The summed E-state index contributed by atoms with van der Waals surface area (Å²) in [6.45, 7) is 7.26. The van der Waals surface area contributed by atoms with Crippen molar-refractivity contribution >= 4 is 44.0 Å². The fraction of sp³-hybridized carbons (Fsp3) is 0.522. The normalized spacial score (nSPS) is 22.6. The van der Waals surface area contributed by atoms with Gasteiger partial charge in [0.15, 0.2) is 9.34 Å². The number of aromatic nitrogens is 1. The van der Waals surface area contributed by atoms with E-state index in [1.807, 2.05) is 13.8 Å². The summed E-state index contributed by atoms with van der Waals surface area (Å²) < 4.78 is 34.4. The lowest BCUT2D eigenvalue weighted by Crippen LogP contribution is -2.57. The number of nitrogens with zero attached hydrogens (tertiary/aromatic N) is 2. The number of piperidine rings is 2. The number of hydrogen-bond acceptors (Lipinski definition) is 7. The second-order valence-corrected chi connectivity index (χ2v) is 12.3. The molecule has 2 saturated heterocycles. The van der Waals surface area contributed by atoms with Gasteiger partial charge in [-0.15, -0.1) is 0 Å². The van der Waals surface area contributed by atoms with Crippen molar-refractivity contribution in [3.05, 3.63) is 30.0 Å². The average Bonchev–Trinajstić information content (AvgIpc) is 3.15. The molecular formula is C23H30N4O5S2. The zero-order chi connectivity index (χ0) is 24.6. The number of amides is 2. The fourth-order valence-electron chi connectivity index (χ4n) is 4.76. The minimum Gasteiger partial charge on any atom is -0.491 e. The Bertz CT molecular complexity index is 1180. The zero-order valence-corrected chi connectivity index (χ0v) is 21.3. The topological polar surface area (TPSA) is 118 Å². The molecule has 184 valence electrons. The third-order valence-electron chi connectivity index (χ3n) is 6.14. The SMILES string of the molecule is CC(=O)Nc1nc(C)c(S(=O)(=O)N2C[C@H]3CC[C@@H]2[C@H](C(=O)Nc2ccc(OC(C)C)cc2)C3)s1. The summed E-state index contributed by atoms with van der Waals surface area (Å²) in [5, 5.41) is 5.76. The third kappa shape index (κ3) is 5.11. The quantitative estimate of drug-likeness (QED) is 0.592. The predicted molar refractivity (Wildman–Crippen MR) is 131 cm³/mol. The van der Waals surface area contributed by atoms with Gasteiger partial charge in [0, 0.05) is 25.2 Å². The third-order valence-corrected chi connectivity index (χ3v) is 9.69. The number of rotatable bonds is 7. The summed E-state index contributed by atoms with van der Waals surface area (Å²) in [5.74, 6) is -0.0693. The molecule has 1 saturated carbocycles. The number of fused-ring (bicyclic) bond motifs is 3. The maximum atomic E-state index is 13.6. The first-order valence-corrected chi connectivity index (χ1v) is 13.6. The number of ether oxygens (including phenoxy) is 1. The summed E-state index contributed by atoms with van der Waals surface area (Å²) in [4.78, 5) is 28.8. The fourth-order valence-corrected chi connectivity index (χ4v) is 8.10. The van der Waals surface area contributed by atoms with Gasteiger partial charge in [0.05, 0.1) is 17.7 Å². The highest BCUT2D eigenvalue weighted by Gasteiger charge is 2.49. The lowest BCUT2D eigenvalue weighted by atomic mass is 9.73. The van der Waals surface area contributed by atoms with Crippen molar-refractivity contribution in [3.63, 3.8) is 0 Å². The van der Waals surface area contributed by atoms with Crippen LogP contribution in [0.25, 0.3) is 0 Å². The summed E-state index contributed by atoms with van der Waals surface area (Å²) in [6, 6.07) is 6.77. The van der Waals surface area contributed by atoms with Crippen molar-refractivity contribution in [3.8, 4) is 5.75 Å². The molecule has 3 aliphatic rings. The molecule has 1 aliphatic carbocycles. The number of anilines is 2. The largest absolute Gasteiger partial charge is 0.491 e. The summed E-state index contributed by atoms with van der Waals surface area (Å²) in [7, 11) is -3.85. The minimum atomic E-state index is -3.85. The van der Waals surface area contributed by atoms with Crippen LogP contribution in [-0.4, -0.2) is 48.2 Å². The number of benzene rings is 1. The van der Waals surface area contributed by atoms with E-state index in [9.17, 15) is 18.0 Å².